The summed E-state index contributed by atoms with van der Waals surface area (Å²) < 4.78 is 5.19. The van der Waals surface area contributed by atoms with Gasteiger partial charge in [0.1, 0.15) is 6.61 Å². The number of hydrogen-bond donors (Lipinski definition) is 0. The number of rotatable bonds is 5. The summed E-state index contributed by atoms with van der Waals surface area (Å²) in [7, 11) is 0. The van der Waals surface area contributed by atoms with Crippen LogP contribution >= 0.6 is 0 Å². The molecule has 18 heavy (non-hydrogen) atoms. The molecule has 2 aromatic rings. The fourth-order valence-electron chi connectivity index (χ4n) is 1.84. The molecular weight excluding hydrogens is 220 g/mol. The van der Waals surface area contributed by atoms with E-state index in [0.717, 1.165) is 0 Å². The predicted molar refractivity (Wildman–Crippen MR) is 76.1 cm³/mol. The molecule has 0 spiro atoms. The standard InChI is InChI=1S/C17H16O/c1-2-18-14-13-17(15-9-5-3-6-10-15)16-11-7-4-8-12-16/h2-13H,1,14H2. The fraction of sp³-hybridized carbons (Fsp3) is 0.0588. The molecule has 2 rings (SSSR count). The lowest BCUT2D eigenvalue weighted by Crippen LogP contribution is -1.90. The predicted octanol–water partition coefficient (Wildman–Crippen LogP) is 4.28. The third-order valence-electron chi connectivity index (χ3n) is 2.67. The zero-order valence-electron chi connectivity index (χ0n) is 10.3. The van der Waals surface area contributed by atoms with Gasteiger partial charge < -0.3 is 4.74 Å². The maximum atomic E-state index is 5.19. The topological polar surface area (TPSA) is 9.23 Å². The zero-order chi connectivity index (χ0) is 12.6. The molecule has 1 heteroatoms. The van der Waals surface area contributed by atoms with Crippen molar-refractivity contribution in [3.05, 3.63) is 90.7 Å². The summed E-state index contributed by atoms with van der Waals surface area (Å²) in [4.78, 5) is 0. The zero-order valence-corrected chi connectivity index (χ0v) is 10.3. The summed E-state index contributed by atoms with van der Waals surface area (Å²) in [5.74, 6) is 0. The van der Waals surface area contributed by atoms with Crippen LogP contribution in [0.1, 0.15) is 11.1 Å². The number of benzene rings is 2. The molecule has 0 radical (unpaired) electrons. The van der Waals surface area contributed by atoms with Gasteiger partial charge in [-0.05, 0) is 22.8 Å². The minimum Gasteiger partial charge on any atom is -0.498 e. The Hall–Kier alpha value is -2.28. The molecule has 0 N–H and O–H groups in total. The van der Waals surface area contributed by atoms with Gasteiger partial charge in [0.15, 0.2) is 0 Å². The van der Waals surface area contributed by atoms with E-state index in [1.165, 1.54) is 23.0 Å². The third kappa shape index (κ3) is 3.11. The van der Waals surface area contributed by atoms with Crippen LogP contribution in [0.5, 0.6) is 0 Å². The van der Waals surface area contributed by atoms with Gasteiger partial charge in [-0.3, -0.25) is 0 Å². The van der Waals surface area contributed by atoms with E-state index in [1.807, 2.05) is 36.4 Å². The monoisotopic (exact) mass is 236 g/mol. The van der Waals surface area contributed by atoms with Crippen LogP contribution in [-0.4, -0.2) is 6.61 Å². The largest absolute Gasteiger partial charge is 0.498 e. The number of hydrogen-bond acceptors (Lipinski definition) is 1. The van der Waals surface area contributed by atoms with E-state index in [0.29, 0.717) is 6.61 Å². The first-order valence-electron chi connectivity index (χ1n) is 5.95. The molecule has 0 aromatic heterocycles. The molecule has 0 heterocycles. The van der Waals surface area contributed by atoms with E-state index in [1.54, 1.807) is 0 Å². The molecule has 0 bridgehead atoms. The van der Waals surface area contributed by atoms with Crippen LogP contribution in [-0.2, 0) is 4.74 Å². The Morgan fingerprint density at radius 2 is 1.39 bits per heavy atom. The van der Waals surface area contributed by atoms with Crippen LogP contribution < -0.4 is 0 Å². The van der Waals surface area contributed by atoms with Gasteiger partial charge in [0, 0.05) is 0 Å². The van der Waals surface area contributed by atoms with Crippen molar-refractivity contribution in [3.63, 3.8) is 0 Å². The maximum Gasteiger partial charge on any atom is 0.106 e. The molecule has 1 nitrogen and oxygen atoms in total. The Kier molecular flexibility index (Phi) is 4.37. The molecule has 0 fully saturated rings. The lowest BCUT2D eigenvalue weighted by molar-refractivity contribution is 0.291. The average Bonchev–Trinajstić information content (AvgIpc) is 2.46. The van der Waals surface area contributed by atoms with Gasteiger partial charge in [0.2, 0.25) is 0 Å². The summed E-state index contributed by atoms with van der Waals surface area (Å²) in [6, 6.07) is 20.6. The summed E-state index contributed by atoms with van der Waals surface area (Å²) in [5, 5.41) is 0. The van der Waals surface area contributed by atoms with Crippen molar-refractivity contribution >= 4 is 5.57 Å². The Labute approximate surface area is 108 Å². The number of ether oxygens (including phenoxy) is 1. The molecule has 90 valence electrons. The van der Waals surface area contributed by atoms with Crippen molar-refractivity contribution in [1.82, 2.24) is 0 Å². The van der Waals surface area contributed by atoms with E-state index < -0.39 is 0 Å². The minimum absolute atomic E-state index is 0.530. The smallest absolute Gasteiger partial charge is 0.106 e. The van der Waals surface area contributed by atoms with Gasteiger partial charge in [-0.2, -0.15) is 0 Å². The average molecular weight is 236 g/mol. The van der Waals surface area contributed by atoms with E-state index in [-0.39, 0.29) is 0 Å². The Balaban J connectivity index is 2.35. The first kappa shape index (κ1) is 12.2. The molecule has 0 aliphatic carbocycles. The highest BCUT2D eigenvalue weighted by Crippen LogP contribution is 2.22. The van der Waals surface area contributed by atoms with Crippen LogP contribution in [0.15, 0.2) is 79.6 Å². The third-order valence-corrected chi connectivity index (χ3v) is 2.67. The van der Waals surface area contributed by atoms with Crippen LogP contribution in [0.4, 0.5) is 0 Å². The highest BCUT2D eigenvalue weighted by atomic mass is 16.5. The van der Waals surface area contributed by atoms with Gasteiger partial charge in [0.25, 0.3) is 0 Å². The van der Waals surface area contributed by atoms with E-state index in [9.17, 15) is 0 Å². The van der Waals surface area contributed by atoms with Crippen molar-refractivity contribution in [2.75, 3.05) is 6.61 Å². The SMILES string of the molecule is C=COCC=C(c1ccccc1)c1ccccc1. The molecule has 2 aromatic carbocycles. The van der Waals surface area contributed by atoms with E-state index >= 15 is 0 Å². The maximum absolute atomic E-state index is 5.19. The lowest BCUT2D eigenvalue weighted by Gasteiger charge is -2.08. The van der Waals surface area contributed by atoms with Gasteiger partial charge in [-0.15, -0.1) is 0 Å². The van der Waals surface area contributed by atoms with Crippen LogP contribution in [0.3, 0.4) is 0 Å². The summed E-state index contributed by atoms with van der Waals surface area (Å²) in [6.45, 7) is 4.08. The Bertz CT molecular complexity index is 470. The molecule has 0 saturated heterocycles. The van der Waals surface area contributed by atoms with E-state index in [2.05, 4.69) is 36.9 Å². The molecule has 0 atom stereocenters. The quantitative estimate of drug-likeness (QED) is 0.556. The van der Waals surface area contributed by atoms with Crippen molar-refractivity contribution in [2.24, 2.45) is 0 Å². The van der Waals surface area contributed by atoms with Gasteiger partial charge in [-0.1, -0.05) is 67.2 Å². The second-order valence-electron chi connectivity index (χ2n) is 3.85. The highest BCUT2D eigenvalue weighted by molar-refractivity contribution is 5.79. The first-order valence-corrected chi connectivity index (χ1v) is 5.95. The van der Waals surface area contributed by atoms with Crippen molar-refractivity contribution in [3.8, 4) is 0 Å². The molecule has 0 amide bonds. The van der Waals surface area contributed by atoms with Crippen LogP contribution in [0, 0.1) is 0 Å². The van der Waals surface area contributed by atoms with Gasteiger partial charge in [0.05, 0.1) is 6.26 Å². The second-order valence-corrected chi connectivity index (χ2v) is 3.85. The van der Waals surface area contributed by atoms with Crippen molar-refractivity contribution < 1.29 is 4.74 Å². The van der Waals surface area contributed by atoms with E-state index in [4.69, 9.17) is 4.74 Å². The normalized spacial score (nSPS) is 9.56. The molecule has 0 aliphatic heterocycles. The highest BCUT2D eigenvalue weighted by Gasteiger charge is 2.03. The summed E-state index contributed by atoms with van der Waals surface area (Å²) in [6.07, 6.45) is 3.54. The Morgan fingerprint density at radius 3 is 1.83 bits per heavy atom. The minimum atomic E-state index is 0.530. The second kappa shape index (κ2) is 6.45. The summed E-state index contributed by atoms with van der Waals surface area (Å²) >= 11 is 0. The molecular formula is C17H16O. The first-order chi connectivity index (χ1) is 8.92. The molecule has 0 unspecified atom stereocenters. The Morgan fingerprint density at radius 1 is 0.889 bits per heavy atom. The summed E-state index contributed by atoms with van der Waals surface area (Å²) in [5.41, 5.74) is 3.56. The lowest BCUT2D eigenvalue weighted by atomic mass is 9.98. The molecule has 0 saturated carbocycles. The van der Waals surface area contributed by atoms with Gasteiger partial charge >= 0.3 is 0 Å². The van der Waals surface area contributed by atoms with Crippen LogP contribution in [0.25, 0.3) is 5.57 Å². The molecule has 0 aliphatic rings. The van der Waals surface area contributed by atoms with Crippen molar-refractivity contribution in [1.29, 1.82) is 0 Å². The van der Waals surface area contributed by atoms with Crippen molar-refractivity contribution in [2.45, 2.75) is 0 Å². The van der Waals surface area contributed by atoms with Crippen LogP contribution in [0.2, 0.25) is 0 Å². The fourth-order valence-corrected chi connectivity index (χ4v) is 1.84. The van der Waals surface area contributed by atoms with Gasteiger partial charge in [-0.25, -0.2) is 0 Å².